The lowest BCUT2D eigenvalue weighted by molar-refractivity contribution is 0.616. The Morgan fingerprint density at radius 2 is 1.77 bits per heavy atom. The number of nitrogens with zero attached hydrogens (tertiary/aromatic N) is 1. The number of rotatable bonds is 3. The van der Waals surface area contributed by atoms with Gasteiger partial charge in [0.15, 0.2) is 5.70 Å². The van der Waals surface area contributed by atoms with Crippen LogP contribution in [0.1, 0.15) is 5.56 Å². The Hall–Kier alpha value is -3.23. The third kappa shape index (κ3) is 2.39. The van der Waals surface area contributed by atoms with Crippen molar-refractivity contribution in [3.05, 3.63) is 66.1 Å². The molecule has 1 aromatic heterocycles. The van der Waals surface area contributed by atoms with Gasteiger partial charge in [0, 0.05) is 10.9 Å². The van der Waals surface area contributed by atoms with E-state index in [1.165, 1.54) is 0 Å². The van der Waals surface area contributed by atoms with Crippen molar-refractivity contribution in [3.63, 3.8) is 0 Å². The molecular weight excluding hydrogens is 276 g/mol. The minimum absolute atomic E-state index is 0.146. The molecule has 5 nitrogen and oxygen atoms in total. The van der Waals surface area contributed by atoms with Crippen LogP contribution in [0, 0.1) is 11.3 Å². The fourth-order valence-electron chi connectivity index (χ4n) is 2.30. The minimum atomic E-state index is 0.146. The van der Waals surface area contributed by atoms with E-state index in [2.05, 4.69) is 11.5 Å². The normalized spacial score (nSPS) is 11.8. The van der Waals surface area contributed by atoms with Gasteiger partial charge >= 0.3 is 0 Å². The van der Waals surface area contributed by atoms with Crippen LogP contribution in [-0.4, -0.2) is 0 Å². The number of furan rings is 1. The van der Waals surface area contributed by atoms with Crippen molar-refractivity contribution in [3.8, 4) is 17.2 Å². The Bertz CT molecular complexity index is 885. The van der Waals surface area contributed by atoms with Gasteiger partial charge in [-0.2, -0.15) is 5.26 Å². The first-order valence-electron chi connectivity index (χ1n) is 6.67. The molecular formula is C17H14N4O. The van der Waals surface area contributed by atoms with Crippen LogP contribution in [0.4, 0.5) is 0 Å². The van der Waals surface area contributed by atoms with Crippen LogP contribution in [0.2, 0.25) is 0 Å². The topological polar surface area (TPSA) is 101 Å². The number of nitrogens with one attached hydrogen (secondary N) is 1. The average molecular weight is 290 g/mol. The van der Waals surface area contributed by atoms with E-state index < -0.39 is 0 Å². The van der Waals surface area contributed by atoms with E-state index in [1.54, 1.807) is 6.26 Å². The highest BCUT2D eigenvalue weighted by Gasteiger charge is 2.06. The Kier molecular flexibility index (Phi) is 3.52. The summed E-state index contributed by atoms with van der Waals surface area (Å²) in [7, 11) is 0. The number of nitrogens with two attached hydrogens (primary N) is 2. The molecule has 0 unspecified atom stereocenters. The molecule has 0 fully saturated rings. The van der Waals surface area contributed by atoms with Crippen molar-refractivity contribution < 1.29 is 4.42 Å². The standard InChI is InChI=1S/C17H14N4O/c18-10-15(21-20)17(19)12-3-1-11(2-4-12)13-5-6-16-14(9-13)7-8-22-16/h1-9,21H,19-20H2/b17-15-. The molecule has 0 atom stereocenters. The van der Waals surface area contributed by atoms with Crippen LogP contribution in [0.3, 0.4) is 0 Å². The summed E-state index contributed by atoms with van der Waals surface area (Å²) >= 11 is 0. The van der Waals surface area contributed by atoms with Crippen LogP contribution in [0.5, 0.6) is 0 Å². The van der Waals surface area contributed by atoms with E-state index in [0.717, 1.165) is 27.7 Å². The fourth-order valence-corrected chi connectivity index (χ4v) is 2.30. The molecule has 0 bridgehead atoms. The monoisotopic (exact) mass is 290 g/mol. The molecule has 3 rings (SSSR count). The van der Waals surface area contributed by atoms with Crippen LogP contribution >= 0.6 is 0 Å². The molecule has 0 aliphatic rings. The second kappa shape index (κ2) is 5.64. The summed E-state index contributed by atoms with van der Waals surface area (Å²) in [5, 5.41) is 9.99. The number of benzene rings is 2. The zero-order valence-corrected chi connectivity index (χ0v) is 11.7. The summed E-state index contributed by atoms with van der Waals surface area (Å²) in [5.41, 5.74) is 12.4. The van der Waals surface area contributed by atoms with E-state index in [9.17, 15) is 0 Å². The van der Waals surface area contributed by atoms with Crippen LogP contribution < -0.4 is 17.0 Å². The van der Waals surface area contributed by atoms with Crippen LogP contribution in [0.15, 0.2) is 64.9 Å². The zero-order valence-electron chi connectivity index (χ0n) is 11.7. The van der Waals surface area contributed by atoms with Gasteiger partial charge in [-0.05, 0) is 29.3 Å². The van der Waals surface area contributed by atoms with E-state index in [4.69, 9.17) is 21.3 Å². The molecule has 5 heteroatoms. The molecule has 0 aliphatic carbocycles. The molecule has 22 heavy (non-hydrogen) atoms. The number of hydrazine groups is 1. The summed E-state index contributed by atoms with van der Waals surface area (Å²) in [6, 6.07) is 17.5. The van der Waals surface area contributed by atoms with Crippen LogP contribution in [0.25, 0.3) is 27.8 Å². The third-order valence-corrected chi connectivity index (χ3v) is 3.51. The van der Waals surface area contributed by atoms with Crippen molar-refractivity contribution in [1.29, 1.82) is 5.26 Å². The third-order valence-electron chi connectivity index (χ3n) is 3.51. The molecule has 0 spiro atoms. The Labute approximate surface area is 127 Å². The summed E-state index contributed by atoms with van der Waals surface area (Å²) in [6.07, 6.45) is 1.67. The first-order valence-corrected chi connectivity index (χ1v) is 6.67. The van der Waals surface area contributed by atoms with Crippen molar-refractivity contribution in [1.82, 2.24) is 5.43 Å². The van der Waals surface area contributed by atoms with E-state index in [0.29, 0.717) is 5.70 Å². The predicted molar refractivity (Wildman–Crippen MR) is 85.7 cm³/mol. The molecule has 1 heterocycles. The molecule has 5 N–H and O–H groups in total. The highest BCUT2D eigenvalue weighted by atomic mass is 16.3. The van der Waals surface area contributed by atoms with E-state index in [1.807, 2.05) is 48.5 Å². The molecule has 0 saturated heterocycles. The molecule has 0 saturated carbocycles. The number of allylic oxidation sites excluding steroid dienone is 1. The second-order valence-electron chi connectivity index (χ2n) is 4.80. The Balaban J connectivity index is 1.97. The smallest absolute Gasteiger partial charge is 0.151 e. The Morgan fingerprint density at radius 3 is 2.45 bits per heavy atom. The van der Waals surface area contributed by atoms with Gasteiger partial charge in [0.05, 0.1) is 12.0 Å². The maximum Gasteiger partial charge on any atom is 0.151 e. The maximum absolute atomic E-state index is 8.93. The Morgan fingerprint density at radius 1 is 1.05 bits per heavy atom. The number of hydrogen-bond acceptors (Lipinski definition) is 5. The lowest BCUT2D eigenvalue weighted by Gasteiger charge is -2.07. The first kappa shape index (κ1) is 13.7. The summed E-state index contributed by atoms with van der Waals surface area (Å²) in [5.74, 6) is 5.27. The summed E-state index contributed by atoms with van der Waals surface area (Å²) in [4.78, 5) is 0. The quantitative estimate of drug-likeness (QED) is 0.391. The van der Waals surface area contributed by atoms with Gasteiger partial charge < -0.3 is 15.6 Å². The van der Waals surface area contributed by atoms with Crippen molar-refractivity contribution in [2.75, 3.05) is 0 Å². The SMILES string of the molecule is N#C/C(NN)=C(/N)c1ccc(-c2ccc3occc3c2)cc1. The summed E-state index contributed by atoms with van der Waals surface area (Å²) in [6.45, 7) is 0. The van der Waals surface area contributed by atoms with Gasteiger partial charge in [0.2, 0.25) is 0 Å². The number of fused-ring (bicyclic) bond motifs is 1. The zero-order chi connectivity index (χ0) is 15.5. The minimum Gasteiger partial charge on any atom is -0.464 e. The highest BCUT2D eigenvalue weighted by Crippen LogP contribution is 2.26. The van der Waals surface area contributed by atoms with Crippen molar-refractivity contribution in [2.45, 2.75) is 0 Å². The lowest BCUT2D eigenvalue weighted by Crippen LogP contribution is -2.23. The maximum atomic E-state index is 8.93. The molecule has 108 valence electrons. The fraction of sp³-hybridized carbons (Fsp3) is 0. The highest BCUT2D eigenvalue weighted by molar-refractivity contribution is 5.83. The van der Waals surface area contributed by atoms with Gasteiger partial charge in [-0.15, -0.1) is 0 Å². The number of hydrogen-bond donors (Lipinski definition) is 3. The first-order chi connectivity index (χ1) is 10.7. The van der Waals surface area contributed by atoms with Gasteiger partial charge in [0.25, 0.3) is 0 Å². The molecule has 0 radical (unpaired) electrons. The van der Waals surface area contributed by atoms with E-state index in [-0.39, 0.29) is 5.70 Å². The predicted octanol–water partition coefficient (Wildman–Crippen LogP) is 2.71. The van der Waals surface area contributed by atoms with Crippen LogP contribution in [-0.2, 0) is 0 Å². The molecule has 3 aromatic rings. The van der Waals surface area contributed by atoms with Gasteiger partial charge in [-0.25, -0.2) is 5.84 Å². The molecule has 0 amide bonds. The summed E-state index contributed by atoms with van der Waals surface area (Å²) < 4.78 is 5.34. The van der Waals surface area contributed by atoms with Gasteiger partial charge in [-0.1, -0.05) is 30.3 Å². The largest absolute Gasteiger partial charge is 0.464 e. The molecule has 0 aliphatic heterocycles. The van der Waals surface area contributed by atoms with Crippen molar-refractivity contribution >= 4 is 16.7 Å². The lowest BCUT2D eigenvalue weighted by atomic mass is 10.0. The van der Waals surface area contributed by atoms with E-state index >= 15 is 0 Å². The second-order valence-corrected chi connectivity index (χ2v) is 4.80. The van der Waals surface area contributed by atoms with Crippen molar-refractivity contribution in [2.24, 2.45) is 11.6 Å². The van der Waals surface area contributed by atoms with Gasteiger partial charge in [-0.3, -0.25) is 0 Å². The van der Waals surface area contributed by atoms with Gasteiger partial charge in [0.1, 0.15) is 11.7 Å². The number of nitriles is 1. The average Bonchev–Trinajstić information content (AvgIpc) is 3.03. The molecule has 2 aromatic carbocycles.